The number of likely N-dealkylation sites (tertiary alicyclic amines) is 1. The van der Waals surface area contributed by atoms with Crippen LogP contribution in [0.5, 0.6) is 0 Å². The van der Waals surface area contributed by atoms with Crippen LogP contribution in [0.25, 0.3) is 0 Å². The number of hydrogen-bond donors (Lipinski definition) is 0. The first-order valence-electron chi connectivity index (χ1n) is 8.75. The molecule has 2 aromatic heterocycles. The Kier molecular flexibility index (Phi) is 5.30. The highest BCUT2D eigenvalue weighted by molar-refractivity contribution is 5.08. The van der Waals surface area contributed by atoms with Crippen LogP contribution in [0.1, 0.15) is 43.2 Å². The quantitative estimate of drug-likeness (QED) is 0.805. The van der Waals surface area contributed by atoms with Gasteiger partial charge in [0, 0.05) is 26.2 Å². The highest BCUT2D eigenvalue weighted by Crippen LogP contribution is 2.35. The highest BCUT2D eigenvalue weighted by Gasteiger charge is 2.33. The van der Waals surface area contributed by atoms with Crippen LogP contribution in [0.15, 0.2) is 17.0 Å². The zero-order valence-corrected chi connectivity index (χ0v) is 15.1. The van der Waals surface area contributed by atoms with Crippen molar-refractivity contribution in [3.05, 3.63) is 29.9 Å². The monoisotopic (exact) mass is 332 g/mol. The minimum Gasteiger partial charge on any atom is -0.339 e. The molecule has 2 aromatic rings. The van der Waals surface area contributed by atoms with Crippen molar-refractivity contribution in [3.8, 4) is 0 Å². The lowest BCUT2D eigenvalue weighted by molar-refractivity contribution is 0.0872. The van der Waals surface area contributed by atoms with Crippen molar-refractivity contribution in [2.45, 2.75) is 38.8 Å². The smallest absolute Gasteiger partial charge is 0.226 e. The molecule has 1 aliphatic rings. The number of hydrogen-bond acceptors (Lipinski definition) is 6. The number of piperidine rings is 1. The van der Waals surface area contributed by atoms with E-state index in [9.17, 15) is 0 Å². The Morgan fingerprint density at radius 3 is 2.88 bits per heavy atom. The van der Waals surface area contributed by atoms with E-state index in [0.29, 0.717) is 17.9 Å². The van der Waals surface area contributed by atoms with Crippen LogP contribution in [0.3, 0.4) is 0 Å². The number of aromatic nitrogens is 4. The summed E-state index contributed by atoms with van der Waals surface area (Å²) in [6.45, 7) is 4.90. The molecule has 0 aliphatic carbocycles. The van der Waals surface area contributed by atoms with E-state index in [4.69, 9.17) is 4.52 Å². The van der Waals surface area contributed by atoms with Gasteiger partial charge in [0.1, 0.15) is 0 Å². The minimum atomic E-state index is 0.408. The van der Waals surface area contributed by atoms with Gasteiger partial charge < -0.3 is 9.09 Å². The fourth-order valence-electron chi connectivity index (χ4n) is 3.77. The molecule has 7 nitrogen and oxygen atoms in total. The fraction of sp³-hybridized carbons (Fsp3) is 0.706. The van der Waals surface area contributed by atoms with Crippen LogP contribution in [0.2, 0.25) is 0 Å². The topological polar surface area (TPSA) is 63.2 Å². The largest absolute Gasteiger partial charge is 0.339 e. The first-order valence-corrected chi connectivity index (χ1v) is 8.75. The molecule has 2 atom stereocenters. The Morgan fingerprint density at radius 2 is 2.21 bits per heavy atom. The normalized spacial score (nSPS) is 22.4. The Bertz CT molecular complexity index is 651. The SMILES string of the molecule is CCc1nc(CN(C)C[C@@H]2CCCN(C)[C@H]2c2cncn2C)no1. The molecule has 1 aliphatic heterocycles. The molecule has 0 unspecified atom stereocenters. The second kappa shape index (κ2) is 7.44. The lowest BCUT2D eigenvalue weighted by Crippen LogP contribution is -2.41. The Balaban J connectivity index is 1.68. The maximum Gasteiger partial charge on any atom is 0.226 e. The van der Waals surface area contributed by atoms with Gasteiger partial charge in [0.2, 0.25) is 5.89 Å². The summed E-state index contributed by atoms with van der Waals surface area (Å²) in [6, 6.07) is 0.408. The molecule has 1 fully saturated rings. The molecular weight excluding hydrogens is 304 g/mol. The first kappa shape index (κ1) is 17.1. The number of nitrogens with zero attached hydrogens (tertiary/aromatic N) is 6. The molecule has 3 rings (SSSR count). The van der Waals surface area contributed by atoms with Gasteiger partial charge in [0.25, 0.3) is 0 Å². The summed E-state index contributed by atoms with van der Waals surface area (Å²) in [4.78, 5) is 13.5. The number of rotatable bonds is 6. The number of imidazole rings is 1. The van der Waals surface area contributed by atoms with Gasteiger partial charge in [-0.25, -0.2) is 4.98 Å². The van der Waals surface area contributed by atoms with Crippen LogP contribution >= 0.6 is 0 Å². The van der Waals surface area contributed by atoms with E-state index >= 15 is 0 Å². The molecule has 0 saturated carbocycles. The summed E-state index contributed by atoms with van der Waals surface area (Å²) < 4.78 is 7.35. The van der Waals surface area contributed by atoms with Gasteiger partial charge in [0.15, 0.2) is 5.82 Å². The van der Waals surface area contributed by atoms with E-state index < -0.39 is 0 Å². The third-order valence-corrected chi connectivity index (χ3v) is 4.93. The summed E-state index contributed by atoms with van der Waals surface area (Å²) in [7, 11) is 6.44. The van der Waals surface area contributed by atoms with Gasteiger partial charge >= 0.3 is 0 Å². The minimum absolute atomic E-state index is 0.408. The van der Waals surface area contributed by atoms with E-state index in [2.05, 4.69) is 50.6 Å². The van der Waals surface area contributed by atoms with E-state index in [1.807, 2.05) is 19.4 Å². The molecule has 0 N–H and O–H groups in total. The lowest BCUT2D eigenvalue weighted by atomic mass is 9.87. The molecular formula is C17H28N6O. The maximum atomic E-state index is 5.21. The van der Waals surface area contributed by atoms with Gasteiger partial charge in [-0.15, -0.1) is 0 Å². The van der Waals surface area contributed by atoms with E-state index in [0.717, 1.165) is 31.9 Å². The summed E-state index contributed by atoms with van der Waals surface area (Å²) in [5, 5.41) is 4.07. The maximum absolute atomic E-state index is 5.21. The van der Waals surface area contributed by atoms with Crippen molar-refractivity contribution in [1.82, 2.24) is 29.5 Å². The molecule has 0 radical (unpaired) electrons. The fourth-order valence-corrected chi connectivity index (χ4v) is 3.77. The van der Waals surface area contributed by atoms with E-state index in [1.54, 1.807) is 0 Å². The second-order valence-corrected chi connectivity index (χ2v) is 6.91. The Hall–Kier alpha value is -1.73. The van der Waals surface area contributed by atoms with Crippen LogP contribution in [0, 0.1) is 5.92 Å². The van der Waals surface area contributed by atoms with Gasteiger partial charge in [-0.05, 0) is 39.4 Å². The predicted octanol–water partition coefficient (Wildman–Crippen LogP) is 1.88. The average molecular weight is 332 g/mol. The Labute approximate surface area is 143 Å². The summed E-state index contributed by atoms with van der Waals surface area (Å²) >= 11 is 0. The molecule has 1 saturated heterocycles. The summed E-state index contributed by atoms with van der Waals surface area (Å²) in [6.07, 6.45) is 7.16. The molecule has 0 aromatic carbocycles. The first-order chi connectivity index (χ1) is 11.6. The molecule has 0 spiro atoms. The van der Waals surface area contributed by atoms with E-state index in [-0.39, 0.29) is 0 Å². The van der Waals surface area contributed by atoms with Crippen molar-refractivity contribution in [2.75, 3.05) is 27.2 Å². The third kappa shape index (κ3) is 3.67. The van der Waals surface area contributed by atoms with Crippen LogP contribution in [-0.2, 0) is 20.0 Å². The molecule has 24 heavy (non-hydrogen) atoms. The zero-order valence-electron chi connectivity index (χ0n) is 15.1. The lowest BCUT2D eigenvalue weighted by Gasteiger charge is -2.40. The van der Waals surface area contributed by atoms with Crippen molar-refractivity contribution in [2.24, 2.45) is 13.0 Å². The van der Waals surface area contributed by atoms with Crippen molar-refractivity contribution in [3.63, 3.8) is 0 Å². The molecule has 7 heteroatoms. The van der Waals surface area contributed by atoms with E-state index in [1.165, 1.54) is 18.5 Å². The third-order valence-electron chi connectivity index (χ3n) is 4.93. The van der Waals surface area contributed by atoms with Crippen molar-refractivity contribution in [1.29, 1.82) is 0 Å². The molecule has 0 bridgehead atoms. The standard InChI is InChI=1S/C17H28N6O/c1-5-16-19-15(20-24-16)11-21(2)10-13-7-6-8-22(3)17(13)14-9-18-12-23(14)4/h9,12-13,17H,5-8,10-11H2,1-4H3/t13-,17+/m0/s1. The predicted molar refractivity (Wildman–Crippen MR) is 91.3 cm³/mol. The Morgan fingerprint density at radius 1 is 1.38 bits per heavy atom. The van der Waals surface area contributed by atoms with Crippen LogP contribution in [0.4, 0.5) is 0 Å². The van der Waals surface area contributed by atoms with Gasteiger partial charge in [0.05, 0.1) is 24.6 Å². The van der Waals surface area contributed by atoms with Gasteiger partial charge in [-0.2, -0.15) is 4.98 Å². The van der Waals surface area contributed by atoms with Crippen molar-refractivity contribution >= 4 is 0 Å². The van der Waals surface area contributed by atoms with Crippen molar-refractivity contribution < 1.29 is 4.52 Å². The molecule has 0 amide bonds. The summed E-state index contributed by atoms with van der Waals surface area (Å²) in [5.41, 5.74) is 1.29. The van der Waals surface area contributed by atoms with Crippen LogP contribution < -0.4 is 0 Å². The number of aryl methyl sites for hydroxylation is 2. The highest BCUT2D eigenvalue weighted by atomic mass is 16.5. The van der Waals surface area contributed by atoms with Gasteiger partial charge in [-0.1, -0.05) is 12.1 Å². The summed E-state index contributed by atoms with van der Waals surface area (Å²) in [5.74, 6) is 2.06. The second-order valence-electron chi connectivity index (χ2n) is 6.91. The average Bonchev–Trinajstić information content (AvgIpc) is 3.16. The van der Waals surface area contributed by atoms with Gasteiger partial charge in [-0.3, -0.25) is 9.80 Å². The molecule has 3 heterocycles. The van der Waals surface area contributed by atoms with Crippen LogP contribution in [-0.4, -0.2) is 56.7 Å². The molecule has 132 valence electrons. The zero-order chi connectivity index (χ0) is 17.1.